The van der Waals surface area contributed by atoms with Crippen LogP contribution >= 0.6 is 11.6 Å². The van der Waals surface area contributed by atoms with Crippen LogP contribution in [0.5, 0.6) is 6.01 Å². The number of amides is 1. The second kappa shape index (κ2) is 6.66. The number of nitrogens with one attached hydrogen (secondary N) is 1. The van der Waals surface area contributed by atoms with E-state index in [-0.39, 0.29) is 24.0 Å². The van der Waals surface area contributed by atoms with Gasteiger partial charge in [0, 0.05) is 25.8 Å². The molecule has 0 aliphatic carbocycles. The maximum Gasteiger partial charge on any atom is 0.318 e. The van der Waals surface area contributed by atoms with Gasteiger partial charge in [0.05, 0.1) is 13.3 Å². The average molecular weight is 327 g/mol. The lowest BCUT2D eigenvalue weighted by atomic mass is 10.1. The second-order valence-corrected chi connectivity index (χ2v) is 5.82. The van der Waals surface area contributed by atoms with E-state index in [9.17, 15) is 4.79 Å². The van der Waals surface area contributed by atoms with Crippen molar-refractivity contribution < 1.29 is 14.3 Å². The van der Waals surface area contributed by atoms with Crippen LogP contribution in [0.25, 0.3) is 0 Å². The van der Waals surface area contributed by atoms with Gasteiger partial charge in [0.15, 0.2) is 5.82 Å². The Morgan fingerprint density at radius 3 is 2.91 bits per heavy atom. The predicted octanol–water partition coefficient (Wildman–Crippen LogP) is 1.33. The average Bonchev–Trinajstić information content (AvgIpc) is 2.91. The topological polar surface area (TPSA) is 76.6 Å². The monoisotopic (exact) mass is 326 g/mol. The van der Waals surface area contributed by atoms with Crippen LogP contribution in [0.4, 0.5) is 5.82 Å². The number of likely N-dealkylation sites (tertiary alicyclic amines) is 1. The molecule has 1 aromatic heterocycles. The third kappa shape index (κ3) is 3.10. The van der Waals surface area contributed by atoms with Crippen molar-refractivity contribution in [2.75, 3.05) is 32.2 Å². The standard InChI is InChI=1S/C14H19ClN4O3/c1-21-14-16-8-10(15)12(18-14)17-11-2-5-19(13(11)20)9-3-6-22-7-4-9/h8-9,11H,2-7H2,1H3,(H,16,17,18). The van der Waals surface area contributed by atoms with Crippen LogP contribution in [0, 0.1) is 0 Å². The fraction of sp³-hybridized carbons (Fsp3) is 0.643. The molecule has 7 nitrogen and oxygen atoms in total. The van der Waals surface area contributed by atoms with Crippen LogP contribution in [0.2, 0.25) is 5.02 Å². The first-order valence-corrected chi connectivity index (χ1v) is 7.78. The lowest BCUT2D eigenvalue weighted by molar-refractivity contribution is -0.131. The smallest absolute Gasteiger partial charge is 0.318 e. The third-order valence-corrected chi connectivity index (χ3v) is 4.36. The summed E-state index contributed by atoms with van der Waals surface area (Å²) in [6.45, 7) is 2.20. The predicted molar refractivity (Wildman–Crippen MR) is 81.2 cm³/mol. The van der Waals surface area contributed by atoms with E-state index in [0.717, 1.165) is 39.0 Å². The number of hydrogen-bond acceptors (Lipinski definition) is 6. The van der Waals surface area contributed by atoms with Crippen LogP contribution in [-0.4, -0.2) is 59.7 Å². The summed E-state index contributed by atoms with van der Waals surface area (Å²) in [6, 6.07) is 0.196. The molecule has 0 aromatic carbocycles. The molecule has 0 bridgehead atoms. The van der Waals surface area contributed by atoms with Crippen molar-refractivity contribution >= 4 is 23.3 Å². The number of halogens is 1. The summed E-state index contributed by atoms with van der Waals surface area (Å²) in [6.07, 6.45) is 4.01. The van der Waals surface area contributed by atoms with Gasteiger partial charge in [0.1, 0.15) is 11.1 Å². The molecule has 1 atom stereocenters. The molecule has 1 aromatic rings. The molecular weight excluding hydrogens is 308 g/mol. The number of anilines is 1. The molecule has 3 rings (SSSR count). The highest BCUT2D eigenvalue weighted by Crippen LogP contribution is 2.26. The molecule has 2 aliphatic rings. The zero-order valence-electron chi connectivity index (χ0n) is 12.4. The molecule has 2 saturated heterocycles. The largest absolute Gasteiger partial charge is 0.467 e. The number of aromatic nitrogens is 2. The van der Waals surface area contributed by atoms with E-state index in [0.29, 0.717) is 10.8 Å². The molecule has 2 fully saturated rings. The highest BCUT2D eigenvalue weighted by atomic mass is 35.5. The van der Waals surface area contributed by atoms with E-state index in [4.69, 9.17) is 21.1 Å². The second-order valence-electron chi connectivity index (χ2n) is 5.41. The van der Waals surface area contributed by atoms with Crippen molar-refractivity contribution in [3.05, 3.63) is 11.2 Å². The van der Waals surface area contributed by atoms with Gasteiger partial charge < -0.3 is 19.7 Å². The van der Waals surface area contributed by atoms with Gasteiger partial charge >= 0.3 is 6.01 Å². The first-order chi connectivity index (χ1) is 10.7. The number of rotatable bonds is 4. The van der Waals surface area contributed by atoms with Gasteiger partial charge in [0.25, 0.3) is 0 Å². The Kier molecular flexibility index (Phi) is 4.63. The number of methoxy groups -OCH3 is 1. The Morgan fingerprint density at radius 1 is 1.41 bits per heavy atom. The van der Waals surface area contributed by atoms with Gasteiger partial charge in [-0.2, -0.15) is 4.98 Å². The zero-order valence-corrected chi connectivity index (χ0v) is 13.2. The summed E-state index contributed by atoms with van der Waals surface area (Å²) in [4.78, 5) is 22.6. The van der Waals surface area contributed by atoms with E-state index >= 15 is 0 Å². The van der Waals surface area contributed by atoms with E-state index in [1.165, 1.54) is 13.3 Å². The van der Waals surface area contributed by atoms with Gasteiger partial charge in [-0.3, -0.25) is 4.79 Å². The van der Waals surface area contributed by atoms with E-state index in [1.54, 1.807) is 0 Å². The molecule has 120 valence electrons. The Balaban J connectivity index is 1.67. The number of carbonyl (C=O) groups is 1. The molecule has 0 saturated carbocycles. The molecule has 1 unspecified atom stereocenters. The third-order valence-electron chi connectivity index (χ3n) is 4.09. The van der Waals surface area contributed by atoms with E-state index in [2.05, 4.69) is 15.3 Å². The van der Waals surface area contributed by atoms with Crippen LogP contribution in [0.15, 0.2) is 6.20 Å². The van der Waals surface area contributed by atoms with Crippen LogP contribution in [0.3, 0.4) is 0 Å². The molecular formula is C14H19ClN4O3. The Hall–Kier alpha value is -1.60. The summed E-state index contributed by atoms with van der Waals surface area (Å²) in [5.41, 5.74) is 0. The normalized spacial score (nSPS) is 22.9. The van der Waals surface area contributed by atoms with Gasteiger partial charge in [-0.15, -0.1) is 0 Å². The Morgan fingerprint density at radius 2 is 2.18 bits per heavy atom. The molecule has 1 N–H and O–H groups in total. The van der Waals surface area contributed by atoms with Crippen molar-refractivity contribution in [3.8, 4) is 6.01 Å². The van der Waals surface area contributed by atoms with Crippen molar-refractivity contribution in [1.82, 2.24) is 14.9 Å². The molecule has 1 amide bonds. The van der Waals surface area contributed by atoms with Crippen molar-refractivity contribution in [2.45, 2.75) is 31.3 Å². The fourth-order valence-corrected chi connectivity index (χ4v) is 3.06. The lowest BCUT2D eigenvalue weighted by Gasteiger charge is -2.31. The molecule has 22 heavy (non-hydrogen) atoms. The maximum absolute atomic E-state index is 12.6. The first-order valence-electron chi connectivity index (χ1n) is 7.40. The minimum atomic E-state index is -0.306. The van der Waals surface area contributed by atoms with Gasteiger partial charge in [-0.25, -0.2) is 4.98 Å². The first kappa shape index (κ1) is 15.3. The van der Waals surface area contributed by atoms with Crippen molar-refractivity contribution in [1.29, 1.82) is 0 Å². The van der Waals surface area contributed by atoms with Gasteiger partial charge in [0.2, 0.25) is 5.91 Å². The molecule has 2 aliphatic heterocycles. The summed E-state index contributed by atoms with van der Waals surface area (Å²) < 4.78 is 10.3. The Labute approximate surface area is 134 Å². The van der Waals surface area contributed by atoms with Crippen molar-refractivity contribution in [2.24, 2.45) is 0 Å². The van der Waals surface area contributed by atoms with Gasteiger partial charge in [-0.1, -0.05) is 11.6 Å². The molecule has 8 heteroatoms. The van der Waals surface area contributed by atoms with Crippen LogP contribution < -0.4 is 10.1 Å². The van der Waals surface area contributed by atoms with Gasteiger partial charge in [-0.05, 0) is 19.3 Å². The highest BCUT2D eigenvalue weighted by molar-refractivity contribution is 6.32. The zero-order chi connectivity index (χ0) is 15.5. The number of ether oxygens (including phenoxy) is 2. The summed E-state index contributed by atoms with van der Waals surface area (Å²) >= 11 is 6.08. The molecule has 0 spiro atoms. The lowest BCUT2D eigenvalue weighted by Crippen LogP contribution is -2.43. The van der Waals surface area contributed by atoms with E-state index < -0.39 is 0 Å². The SMILES string of the molecule is COc1ncc(Cl)c(NC2CCN(C3CCOCC3)C2=O)n1. The Bertz CT molecular complexity index is 551. The number of nitrogens with zero attached hydrogens (tertiary/aromatic N) is 3. The highest BCUT2D eigenvalue weighted by Gasteiger charge is 2.36. The number of hydrogen-bond donors (Lipinski definition) is 1. The quantitative estimate of drug-likeness (QED) is 0.899. The minimum Gasteiger partial charge on any atom is -0.467 e. The van der Waals surface area contributed by atoms with Crippen LogP contribution in [0.1, 0.15) is 19.3 Å². The molecule has 3 heterocycles. The fourth-order valence-electron chi connectivity index (χ4n) is 2.91. The summed E-state index contributed by atoms with van der Waals surface area (Å²) in [7, 11) is 1.49. The van der Waals surface area contributed by atoms with Crippen LogP contribution in [-0.2, 0) is 9.53 Å². The number of carbonyl (C=O) groups excluding carboxylic acids is 1. The minimum absolute atomic E-state index is 0.0977. The summed E-state index contributed by atoms with van der Waals surface area (Å²) in [5.74, 6) is 0.529. The maximum atomic E-state index is 12.6. The molecule has 0 radical (unpaired) electrons. The van der Waals surface area contributed by atoms with E-state index in [1.807, 2.05) is 4.90 Å². The van der Waals surface area contributed by atoms with Crippen molar-refractivity contribution in [3.63, 3.8) is 0 Å². The summed E-state index contributed by atoms with van der Waals surface area (Å²) in [5, 5.41) is 3.49.